The summed E-state index contributed by atoms with van der Waals surface area (Å²) in [6.45, 7) is 0. The number of pyridine rings is 1. The Bertz CT molecular complexity index is 593. The van der Waals surface area contributed by atoms with Gasteiger partial charge in [0.25, 0.3) is 5.56 Å². The minimum atomic E-state index is -0.0517. The molecule has 1 aliphatic rings. The van der Waals surface area contributed by atoms with Gasteiger partial charge in [-0.15, -0.1) is 0 Å². The van der Waals surface area contributed by atoms with Crippen LogP contribution in [0.25, 0.3) is 0 Å². The first-order chi connectivity index (χ1) is 8.81. The number of hydrogen-bond acceptors (Lipinski definition) is 4. The molecule has 0 spiro atoms. The summed E-state index contributed by atoms with van der Waals surface area (Å²) in [5, 5.41) is 0.709. The Kier molecular flexibility index (Phi) is 3.15. The second-order valence-corrected chi connectivity index (χ2v) is 5.36. The van der Waals surface area contributed by atoms with Gasteiger partial charge >= 0.3 is 0 Å². The van der Waals surface area contributed by atoms with E-state index in [0.29, 0.717) is 11.1 Å². The van der Waals surface area contributed by atoms with Gasteiger partial charge in [-0.25, -0.2) is 4.98 Å². The minimum Gasteiger partial charge on any atom is -0.301 e. The van der Waals surface area contributed by atoms with Crippen LogP contribution in [0, 0.1) is 0 Å². The molecule has 0 amide bonds. The average molecular weight is 259 g/mol. The first-order valence-electron chi connectivity index (χ1n) is 5.94. The van der Waals surface area contributed by atoms with Gasteiger partial charge in [0.15, 0.2) is 5.16 Å². The van der Waals surface area contributed by atoms with E-state index >= 15 is 0 Å². The van der Waals surface area contributed by atoms with Crippen LogP contribution in [0.4, 0.5) is 0 Å². The monoisotopic (exact) mass is 259 g/mol. The Labute approximate surface area is 109 Å². The van der Waals surface area contributed by atoms with Crippen LogP contribution >= 0.6 is 11.8 Å². The lowest BCUT2D eigenvalue weighted by Crippen LogP contribution is -2.09. The molecule has 2 heterocycles. The van der Waals surface area contributed by atoms with E-state index in [1.165, 1.54) is 5.56 Å². The molecule has 0 unspecified atom stereocenters. The number of hydrogen-bond donors (Lipinski definition) is 1. The Balaban J connectivity index is 1.74. The molecule has 2 aromatic heterocycles. The molecule has 5 heteroatoms. The molecule has 1 saturated carbocycles. The zero-order chi connectivity index (χ0) is 12.4. The molecule has 1 fully saturated rings. The first-order valence-corrected chi connectivity index (χ1v) is 6.93. The van der Waals surface area contributed by atoms with Crippen molar-refractivity contribution in [2.24, 2.45) is 0 Å². The highest BCUT2D eigenvalue weighted by atomic mass is 32.2. The van der Waals surface area contributed by atoms with Gasteiger partial charge in [0, 0.05) is 30.1 Å². The predicted octanol–water partition coefficient (Wildman–Crippen LogP) is 2.33. The molecule has 0 radical (unpaired) electrons. The van der Waals surface area contributed by atoms with Gasteiger partial charge in [0.05, 0.1) is 5.69 Å². The summed E-state index contributed by atoms with van der Waals surface area (Å²) >= 11 is 1.55. The Morgan fingerprint density at radius 1 is 1.33 bits per heavy atom. The SMILES string of the molecule is O=c1cc(C2CC2)nc(SCc2ccncc2)[nH]1. The molecular weight excluding hydrogens is 246 g/mol. The molecular formula is C13H13N3OS. The fraction of sp³-hybridized carbons (Fsp3) is 0.308. The summed E-state index contributed by atoms with van der Waals surface area (Å²) in [5.41, 5.74) is 2.06. The molecule has 0 bridgehead atoms. The van der Waals surface area contributed by atoms with Gasteiger partial charge in [0.1, 0.15) is 0 Å². The quantitative estimate of drug-likeness (QED) is 0.676. The normalized spacial score (nSPS) is 14.7. The van der Waals surface area contributed by atoms with Crippen LogP contribution in [0.1, 0.15) is 30.0 Å². The van der Waals surface area contributed by atoms with E-state index in [9.17, 15) is 4.79 Å². The van der Waals surface area contributed by atoms with E-state index in [0.717, 1.165) is 24.3 Å². The smallest absolute Gasteiger partial charge is 0.251 e. The number of nitrogens with zero attached hydrogens (tertiary/aromatic N) is 2. The van der Waals surface area contributed by atoms with E-state index in [-0.39, 0.29) is 5.56 Å². The average Bonchev–Trinajstić information content (AvgIpc) is 3.21. The third-order valence-corrected chi connectivity index (χ3v) is 3.80. The number of H-pyrrole nitrogens is 1. The van der Waals surface area contributed by atoms with Crippen LogP contribution < -0.4 is 5.56 Å². The number of thioether (sulfide) groups is 1. The zero-order valence-corrected chi connectivity index (χ0v) is 10.6. The lowest BCUT2D eigenvalue weighted by molar-refractivity contribution is 0.862. The molecule has 0 atom stereocenters. The fourth-order valence-electron chi connectivity index (χ4n) is 1.74. The highest BCUT2D eigenvalue weighted by molar-refractivity contribution is 7.98. The Morgan fingerprint density at radius 2 is 2.11 bits per heavy atom. The molecule has 4 nitrogen and oxygen atoms in total. The molecule has 92 valence electrons. The van der Waals surface area contributed by atoms with Gasteiger partial charge in [-0.05, 0) is 30.5 Å². The molecule has 1 N–H and O–H groups in total. The van der Waals surface area contributed by atoms with Crippen molar-refractivity contribution in [2.75, 3.05) is 0 Å². The molecule has 0 aromatic carbocycles. The largest absolute Gasteiger partial charge is 0.301 e. The highest BCUT2D eigenvalue weighted by Crippen LogP contribution is 2.38. The van der Waals surface area contributed by atoms with Gasteiger partial charge in [0.2, 0.25) is 0 Å². The predicted molar refractivity (Wildman–Crippen MR) is 70.6 cm³/mol. The number of aromatic amines is 1. The van der Waals surface area contributed by atoms with Gasteiger partial charge in [-0.3, -0.25) is 9.78 Å². The van der Waals surface area contributed by atoms with Crippen LogP contribution in [0.5, 0.6) is 0 Å². The van der Waals surface area contributed by atoms with Crippen molar-refractivity contribution in [3.05, 3.63) is 52.2 Å². The zero-order valence-electron chi connectivity index (χ0n) is 9.80. The van der Waals surface area contributed by atoms with Crippen LogP contribution in [0.15, 0.2) is 40.5 Å². The number of rotatable bonds is 4. The van der Waals surface area contributed by atoms with E-state index in [2.05, 4.69) is 15.0 Å². The van der Waals surface area contributed by atoms with Crippen molar-refractivity contribution in [1.29, 1.82) is 0 Å². The van der Waals surface area contributed by atoms with E-state index in [1.807, 2.05) is 12.1 Å². The first kappa shape index (κ1) is 11.5. The topological polar surface area (TPSA) is 58.6 Å². The Hall–Kier alpha value is -1.62. The van der Waals surface area contributed by atoms with Crippen molar-refractivity contribution < 1.29 is 0 Å². The maximum absolute atomic E-state index is 11.5. The molecule has 0 saturated heterocycles. The van der Waals surface area contributed by atoms with Gasteiger partial charge < -0.3 is 4.98 Å². The van der Waals surface area contributed by atoms with Crippen LogP contribution in [0.3, 0.4) is 0 Å². The number of aromatic nitrogens is 3. The molecule has 2 aromatic rings. The molecule has 18 heavy (non-hydrogen) atoms. The standard InChI is InChI=1S/C13H13N3OS/c17-12-7-11(10-1-2-10)15-13(16-12)18-8-9-3-5-14-6-4-9/h3-7,10H,1-2,8H2,(H,15,16,17). The maximum Gasteiger partial charge on any atom is 0.251 e. The van der Waals surface area contributed by atoms with Gasteiger partial charge in [-0.2, -0.15) is 0 Å². The van der Waals surface area contributed by atoms with Crippen molar-refractivity contribution in [1.82, 2.24) is 15.0 Å². The highest BCUT2D eigenvalue weighted by Gasteiger charge is 2.25. The lowest BCUT2D eigenvalue weighted by Gasteiger charge is -2.03. The van der Waals surface area contributed by atoms with Crippen molar-refractivity contribution in [2.45, 2.75) is 29.7 Å². The van der Waals surface area contributed by atoms with Crippen LogP contribution in [0.2, 0.25) is 0 Å². The second kappa shape index (κ2) is 4.94. The minimum absolute atomic E-state index is 0.0517. The fourth-order valence-corrected chi connectivity index (χ4v) is 2.58. The summed E-state index contributed by atoms with van der Waals surface area (Å²) in [4.78, 5) is 22.8. The van der Waals surface area contributed by atoms with E-state index in [4.69, 9.17) is 0 Å². The third-order valence-electron chi connectivity index (χ3n) is 2.86. The van der Waals surface area contributed by atoms with E-state index in [1.54, 1.807) is 30.2 Å². The summed E-state index contributed by atoms with van der Waals surface area (Å²) < 4.78 is 0. The summed E-state index contributed by atoms with van der Waals surface area (Å²) in [5.74, 6) is 1.30. The summed E-state index contributed by atoms with van der Waals surface area (Å²) in [6.07, 6.45) is 5.86. The molecule has 3 rings (SSSR count). The Morgan fingerprint density at radius 3 is 2.83 bits per heavy atom. The third kappa shape index (κ3) is 2.79. The van der Waals surface area contributed by atoms with E-state index < -0.39 is 0 Å². The maximum atomic E-state index is 11.5. The van der Waals surface area contributed by atoms with Gasteiger partial charge in [-0.1, -0.05) is 11.8 Å². The van der Waals surface area contributed by atoms with Crippen LogP contribution in [-0.2, 0) is 5.75 Å². The lowest BCUT2D eigenvalue weighted by atomic mass is 10.3. The summed E-state index contributed by atoms with van der Waals surface area (Å²) in [6, 6.07) is 5.56. The summed E-state index contributed by atoms with van der Waals surface area (Å²) in [7, 11) is 0. The van der Waals surface area contributed by atoms with Crippen molar-refractivity contribution in [3.8, 4) is 0 Å². The molecule has 0 aliphatic heterocycles. The number of nitrogens with one attached hydrogen (secondary N) is 1. The van der Waals surface area contributed by atoms with Crippen molar-refractivity contribution in [3.63, 3.8) is 0 Å². The molecule has 1 aliphatic carbocycles. The van der Waals surface area contributed by atoms with Crippen molar-refractivity contribution >= 4 is 11.8 Å². The second-order valence-electron chi connectivity index (χ2n) is 4.39. The van der Waals surface area contributed by atoms with Crippen LogP contribution in [-0.4, -0.2) is 15.0 Å².